The third-order valence-corrected chi connectivity index (χ3v) is 5.44. The van der Waals surface area contributed by atoms with Crippen molar-refractivity contribution in [2.24, 2.45) is 5.73 Å². The van der Waals surface area contributed by atoms with Gasteiger partial charge in [-0.15, -0.1) is 0 Å². The molecule has 2 aromatic carbocycles. The maximum Gasteiger partial charge on any atom is 0.231 e. The van der Waals surface area contributed by atoms with E-state index < -0.39 is 11.8 Å². The van der Waals surface area contributed by atoms with E-state index in [2.05, 4.69) is 10.3 Å². The molecule has 0 saturated carbocycles. The molecule has 5 nitrogen and oxygen atoms in total. The number of amides is 2. The molecule has 8 heteroatoms. The molecule has 0 aliphatic carbocycles. The van der Waals surface area contributed by atoms with Gasteiger partial charge < -0.3 is 11.1 Å². The van der Waals surface area contributed by atoms with E-state index in [0.29, 0.717) is 33.6 Å². The molecule has 0 aliphatic rings. The van der Waals surface area contributed by atoms with E-state index in [1.807, 2.05) is 0 Å². The van der Waals surface area contributed by atoms with Crippen LogP contribution >= 0.6 is 23.2 Å². The largest absolute Gasteiger partial charge is 0.369 e. The summed E-state index contributed by atoms with van der Waals surface area (Å²) in [5.41, 5.74) is 8.95. The van der Waals surface area contributed by atoms with Crippen LogP contribution in [0.25, 0.3) is 11.3 Å². The van der Waals surface area contributed by atoms with E-state index >= 15 is 0 Å². The van der Waals surface area contributed by atoms with Crippen LogP contribution in [0, 0.1) is 12.7 Å². The molecule has 3 N–H and O–H groups in total. The number of aryl methyl sites for hydroxylation is 1. The average Bonchev–Trinajstić information content (AvgIpc) is 2.68. The Balaban J connectivity index is 2.22. The summed E-state index contributed by atoms with van der Waals surface area (Å²) in [7, 11) is 0. The van der Waals surface area contributed by atoms with Gasteiger partial charge in [0, 0.05) is 34.6 Å². The number of pyridine rings is 1. The number of benzene rings is 2. The van der Waals surface area contributed by atoms with Crippen molar-refractivity contribution in [3.05, 3.63) is 86.8 Å². The van der Waals surface area contributed by atoms with E-state index in [1.54, 1.807) is 43.3 Å². The minimum Gasteiger partial charge on any atom is -0.369 e. The average molecular weight is 460 g/mol. The number of nitrogens with two attached hydrogens (primary N) is 1. The molecule has 1 heterocycles. The molecule has 0 fully saturated rings. The van der Waals surface area contributed by atoms with E-state index in [1.165, 1.54) is 19.1 Å². The Morgan fingerprint density at radius 3 is 2.39 bits per heavy atom. The molecule has 1 aromatic heterocycles. The molecule has 0 aliphatic heterocycles. The molecule has 3 rings (SSSR count). The quantitative estimate of drug-likeness (QED) is 0.557. The number of nitrogens with zero attached hydrogens (tertiary/aromatic N) is 1. The molecule has 3 aromatic rings. The molecule has 1 unspecified atom stereocenters. The van der Waals surface area contributed by atoms with Crippen LogP contribution in [0.1, 0.15) is 35.2 Å². The van der Waals surface area contributed by atoms with Crippen LogP contribution in [0.15, 0.2) is 48.5 Å². The van der Waals surface area contributed by atoms with Crippen LogP contribution < -0.4 is 11.1 Å². The number of nitrogens with one attached hydrogen (secondary N) is 1. The highest BCUT2D eigenvalue weighted by Crippen LogP contribution is 2.36. The maximum atomic E-state index is 13.6. The molecule has 0 bridgehead atoms. The van der Waals surface area contributed by atoms with Crippen LogP contribution in [0.5, 0.6) is 0 Å². The van der Waals surface area contributed by atoms with Gasteiger partial charge in [0.25, 0.3) is 0 Å². The Kier molecular flexibility index (Phi) is 6.93. The Bertz CT molecular complexity index is 1150. The van der Waals surface area contributed by atoms with Crippen molar-refractivity contribution in [3.8, 4) is 11.3 Å². The van der Waals surface area contributed by atoms with Gasteiger partial charge in [0.15, 0.2) is 0 Å². The van der Waals surface area contributed by atoms with Crippen molar-refractivity contribution < 1.29 is 14.0 Å². The Morgan fingerprint density at radius 1 is 1.13 bits per heavy atom. The zero-order valence-electron chi connectivity index (χ0n) is 16.9. The van der Waals surface area contributed by atoms with Gasteiger partial charge in [-0.2, -0.15) is 0 Å². The van der Waals surface area contributed by atoms with Gasteiger partial charge in [0.2, 0.25) is 11.8 Å². The SMILES string of the molecule is CC(=O)NCc1cc(-c2ccc(F)cc2C)nc(C(C(N)=O)c2c(Cl)cccc2Cl)c1. The fourth-order valence-electron chi connectivity index (χ4n) is 3.36. The second kappa shape index (κ2) is 9.45. The van der Waals surface area contributed by atoms with E-state index in [0.717, 1.165) is 0 Å². The Morgan fingerprint density at radius 2 is 1.81 bits per heavy atom. The number of rotatable bonds is 6. The molecule has 31 heavy (non-hydrogen) atoms. The summed E-state index contributed by atoms with van der Waals surface area (Å²) < 4.78 is 13.6. The van der Waals surface area contributed by atoms with E-state index in [9.17, 15) is 14.0 Å². The fourth-order valence-corrected chi connectivity index (χ4v) is 3.98. The Hall–Kier alpha value is -2.96. The minimum absolute atomic E-state index is 0.208. The second-order valence-electron chi connectivity index (χ2n) is 7.13. The first-order valence-corrected chi connectivity index (χ1v) is 10.2. The fraction of sp³-hybridized carbons (Fsp3) is 0.174. The van der Waals surface area contributed by atoms with Crippen LogP contribution in [-0.4, -0.2) is 16.8 Å². The van der Waals surface area contributed by atoms with Gasteiger partial charge >= 0.3 is 0 Å². The zero-order chi connectivity index (χ0) is 22.7. The van der Waals surface area contributed by atoms with Crippen molar-refractivity contribution in [3.63, 3.8) is 0 Å². The standard InChI is InChI=1S/C23H20Cl2FN3O2/c1-12-8-15(26)6-7-16(12)19-9-14(11-28-13(2)30)10-20(29-19)22(23(27)31)21-17(24)4-3-5-18(21)25/h3-10,22H,11H2,1-2H3,(H2,27,31)(H,28,30). The zero-order valence-corrected chi connectivity index (χ0v) is 18.4. The smallest absolute Gasteiger partial charge is 0.231 e. The van der Waals surface area contributed by atoms with E-state index in [-0.39, 0.29) is 28.3 Å². The molecule has 2 amide bonds. The number of carbonyl (C=O) groups excluding carboxylic acids is 2. The highest BCUT2D eigenvalue weighted by atomic mass is 35.5. The van der Waals surface area contributed by atoms with Crippen LogP contribution in [-0.2, 0) is 16.1 Å². The van der Waals surface area contributed by atoms with Crippen LogP contribution in [0.2, 0.25) is 10.0 Å². The summed E-state index contributed by atoms with van der Waals surface area (Å²) in [6, 6.07) is 12.7. The highest BCUT2D eigenvalue weighted by molar-refractivity contribution is 6.36. The van der Waals surface area contributed by atoms with E-state index in [4.69, 9.17) is 28.9 Å². The predicted molar refractivity (Wildman–Crippen MR) is 119 cm³/mol. The number of carbonyl (C=O) groups is 2. The molecule has 0 spiro atoms. The maximum absolute atomic E-state index is 13.6. The van der Waals surface area contributed by atoms with Gasteiger partial charge in [-0.25, -0.2) is 4.39 Å². The second-order valence-corrected chi connectivity index (χ2v) is 7.94. The van der Waals surface area contributed by atoms with Gasteiger partial charge in [-0.1, -0.05) is 29.3 Å². The Labute approximate surface area is 189 Å². The summed E-state index contributed by atoms with van der Waals surface area (Å²) in [4.78, 5) is 28.6. The first-order chi connectivity index (χ1) is 14.7. The van der Waals surface area contributed by atoms with Crippen molar-refractivity contribution in [1.82, 2.24) is 10.3 Å². The van der Waals surface area contributed by atoms with Crippen LogP contribution in [0.4, 0.5) is 4.39 Å². The number of halogens is 3. The van der Waals surface area contributed by atoms with Crippen molar-refractivity contribution in [2.45, 2.75) is 26.3 Å². The first-order valence-electron chi connectivity index (χ1n) is 9.42. The van der Waals surface area contributed by atoms with Gasteiger partial charge in [0.1, 0.15) is 11.7 Å². The number of hydrogen-bond donors (Lipinski definition) is 2. The van der Waals surface area contributed by atoms with Crippen molar-refractivity contribution in [2.75, 3.05) is 0 Å². The number of aromatic nitrogens is 1. The lowest BCUT2D eigenvalue weighted by molar-refractivity contribution is -0.119. The first kappa shape index (κ1) is 22.7. The van der Waals surface area contributed by atoms with Crippen molar-refractivity contribution >= 4 is 35.0 Å². The summed E-state index contributed by atoms with van der Waals surface area (Å²) in [6.45, 7) is 3.37. The summed E-state index contributed by atoms with van der Waals surface area (Å²) >= 11 is 12.7. The summed E-state index contributed by atoms with van der Waals surface area (Å²) in [5.74, 6) is -2.27. The van der Waals surface area contributed by atoms with Crippen molar-refractivity contribution in [1.29, 1.82) is 0 Å². The van der Waals surface area contributed by atoms with Gasteiger partial charge in [-0.05, 0) is 60.5 Å². The summed E-state index contributed by atoms with van der Waals surface area (Å²) in [5, 5.41) is 3.29. The van der Waals surface area contributed by atoms with Gasteiger partial charge in [0.05, 0.1) is 11.4 Å². The normalized spacial score (nSPS) is 11.8. The minimum atomic E-state index is -1.02. The lowest BCUT2D eigenvalue weighted by Crippen LogP contribution is -2.25. The highest BCUT2D eigenvalue weighted by Gasteiger charge is 2.27. The third kappa shape index (κ3) is 5.21. The van der Waals surface area contributed by atoms with Gasteiger partial charge in [-0.3, -0.25) is 14.6 Å². The predicted octanol–water partition coefficient (Wildman–Crippen LogP) is 4.76. The lowest BCUT2D eigenvalue weighted by atomic mass is 9.92. The topological polar surface area (TPSA) is 85.1 Å². The molecule has 0 radical (unpaired) electrons. The number of primary amides is 1. The summed E-state index contributed by atoms with van der Waals surface area (Å²) in [6.07, 6.45) is 0. The monoisotopic (exact) mass is 459 g/mol. The molecule has 160 valence electrons. The molecule has 1 atom stereocenters. The molecule has 0 saturated heterocycles. The number of hydrogen-bond acceptors (Lipinski definition) is 3. The van der Waals surface area contributed by atoms with Crippen LogP contribution in [0.3, 0.4) is 0 Å². The third-order valence-electron chi connectivity index (χ3n) is 4.78. The molecular formula is C23H20Cl2FN3O2. The lowest BCUT2D eigenvalue weighted by Gasteiger charge is -2.19. The molecular weight excluding hydrogens is 440 g/mol.